The zero-order valence-electron chi connectivity index (χ0n) is 12.9. The Bertz CT molecular complexity index is 692. The van der Waals surface area contributed by atoms with E-state index in [4.69, 9.17) is 17.3 Å². The van der Waals surface area contributed by atoms with Gasteiger partial charge in [-0.05, 0) is 26.0 Å². The molecule has 1 saturated heterocycles. The van der Waals surface area contributed by atoms with E-state index >= 15 is 0 Å². The van der Waals surface area contributed by atoms with Gasteiger partial charge in [-0.1, -0.05) is 47.9 Å². The Balaban J connectivity index is 2.06. The van der Waals surface area contributed by atoms with Crippen LogP contribution in [-0.4, -0.2) is 44.7 Å². The lowest BCUT2D eigenvalue weighted by atomic mass is 10.3. The first-order chi connectivity index (χ1) is 10.9. The summed E-state index contributed by atoms with van der Waals surface area (Å²) >= 11 is 7.65. The van der Waals surface area contributed by atoms with Crippen LogP contribution < -0.4 is 0 Å². The van der Waals surface area contributed by atoms with Gasteiger partial charge in [0, 0.05) is 19.3 Å². The van der Waals surface area contributed by atoms with Crippen LogP contribution in [0.2, 0.25) is 0 Å². The lowest BCUT2D eigenvalue weighted by Crippen LogP contribution is -2.27. The van der Waals surface area contributed by atoms with E-state index in [-0.39, 0.29) is 5.91 Å². The second-order valence-corrected chi connectivity index (χ2v) is 7.43. The summed E-state index contributed by atoms with van der Waals surface area (Å²) < 4.78 is 0.576. The van der Waals surface area contributed by atoms with Gasteiger partial charge in [-0.2, -0.15) is 0 Å². The highest BCUT2D eigenvalue weighted by Gasteiger charge is 2.30. The van der Waals surface area contributed by atoms with Crippen molar-refractivity contribution in [3.8, 4) is 0 Å². The lowest BCUT2D eigenvalue weighted by Gasteiger charge is -2.13. The first-order valence-electron chi connectivity index (χ1n) is 6.84. The molecule has 0 saturated carbocycles. The Morgan fingerprint density at radius 2 is 1.96 bits per heavy atom. The molecule has 0 unspecified atom stereocenters. The molecule has 0 radical (unpaired) electrons. The third-order valence-corrected chi connectivity index (χ3v) is 6.04. The minimum absolute atomic E-state index is 0.0714. The fourth-order valence-corrected chi connectivity index (χ4v) is 4.31. The number of thiocarbonyl (C=S) groups is 1. The number of allylic oxidation sites excluding steroid dienone is 5. The van der Waals surface area contributed by atoms with Crippen LogP contribution in [0.25, 0.3) is 0 Å². The Kier molecular flexibility index (Phi) is 5.72. The number of hydrogen-bond acceptors (Lipinski definition) is 6. The number of likely N-dealkylation sites (N-methyl/N-ethyl adjacent to an activating group) is 1. The molecule has 1 fully saturated rings. The molecule has 2 aliphatic heterocycles. The number of carbonyl (C=O) groups excluding carboxylic acids is 1. The van der Waals surface area contributed by atoms with Crippen LogP contribution in [0.4, 0.5) is 0 Å². The van der Waals surface area contributed by atoms with Crippen molar-refractivity contribution in [2.45, 2.75) is 13.8 Å². The fourth-order valence-electron chi connectivity index (χ4n) is 1.98. The Morgan fingerprint density at radius 3 is 2.48 bits per heavy atom. The van der Waals surface area contributed by atoms with Gasteiger partial charge in [0.1, 0.15) is 9.23 Å². The number of amides is 1. The van der Waals surface area contributed by atoms with Crippen LogP contribution in [0, 0.1) is 0 Å². The van der Waals surface area contributed by atoms with Crippen LogP contribution >= 0.6 is 35.7 Å². The van der Waals surface area contributed by atoms with Crippen molar-refractivity contribution in [3.63, 3.8) is 0 Å². The number of carbonyl (C=O) groups is 2. The van der Waals surface area contributed by atoms with E-state index in [2.05, 4.69) is 0 Å². The summed E-state index contributed by atoms with van der Waals surface area (Å²) in [5, 5.41) is 9.94. The van der Waals surface area contributed by atoms with Gasteiger partial charge >= 0.3 is 5.97 Å². The lowest BCUT2D eigenvalue weighted by molar-refractivity contribution is -0.131. The van der Waals surface area contributed by atoms with Gasteiger partial charge in [-0.25, -0.2) is 4.79 Å². The van der Waals surface area contributed by atoms with Gasteiger partial charge in [0.25, 0.3) is 5.91 Å². The highest BCUT2D eigenvalue weighted by Crippen LogP contribution is 2.39. The molecule has 0 aromatic carbocycles. The molecule has 8 heteroatoms. The van der Waals surface area contributed by atoms with Crippen LogP contribution in [-0.2, 0) is 9.59 Å². The summed E-state index contributed by atoms with van der Waals surface area (Å²) in [4.78, 5) is 27.5. The zero-order chi connectivity index (χ0) is 17.1. The van der Waals surface area contributed by atoms with Crippen molar-refractivity contribution in [3.05, 3.63) is 44.8 Å². The predicted octanol–water partition coefficient (Wildman–Crippen LogP) is 3.14. The summed E-state index contributed by atoms with van der Waals surface area (Å²) in [6.07, 6.45) is 7.10. The summed E-state index contributed by atoms with van der Waals surface area (Å²) in [5.41, 5.74) is 0.714. The van der Waals surface area contributed by atoms with Crippen molar-refractivity contribution < 1.29 is 14.7 Å². The number of thioether (sulfide) groups is 2. The molecule has 0 aliphatic carbocycles. The van der Waals surface area contributed by atoms with E-state index in [1.54, 1.807) is 30.1 Å². The maximum Gasteiger partial charge on any atom is 0.344 e. The van der Waals surface area contributed by atoms with Gasteiger partial charge in [-0.15, -0.1) is 0 Å². The molecule has 1 amide bonds. The van der Waals surface area contributed by atoms with E-state index in [1.165, 1.54) is 23.5 Å². The normalized spacial score (nSPS) is 22.6. The molecule has 122 valence electrons. The first-order valence-corrected chi connectivity index (χ1v) is 8.89. The molecular formula is C15H16N2O3S3. The molecule has 2 rings (SSSR count). The van der Waals surface area contributed by atoms with Gasteiger partial charge in [-0.3, -0.25) is 9.69 Å². The summed E-state index contributed by atoms with van der Waals surface area (Å²) in [6.45, 7) is 4.23. The van der Waals surface area contributed by atoms with E-state index in [9.17, 15) is 9.59 Å². The van der Waals surface area contributed by atoms with Crippen molar-refractivity contribution in [1.29, 1.82) is 0 Å². The average molecular weight is 369 g/mol. The summed E-state index contributed by atoms with van der Waals surface area (Å²) in [6, 6.07) is 0. The fraction of sp³-hybridized carbons (Fsp3) is 0.267. The molecule has 0 aromatic rings. The van der Waals surface area contributed by atoms with Crippen molar-refractivity contribution >= 4 is 51.9 Å². The van der Waals surface area contributed by atoms with E-state index in [1.807, 2.05) is 24.9 Å². The third kappa shape index (κ3) is 3.70. The van der Waals surface area contributed by atoms with Crippen LogP contribution in [0.1, 0.15) is 13.8 Å². The Morgan fingerprint density at radius 1 is 1.30 bits per heavy atom. The SMILES string of the molecule is CCN1C(=O)\C(=C/C=C/C=C2\SC(C(=O)O)=C(C)N2C)SC1=S. The van der Waals surface area contributed by atoms with Crippen LogP contribution in [0.3, 0.4) is 0 Å². The Hall–Kier alpha value is -1.51. The van der Waals surface area contributed by atoms with Gasteiger partial charge < -0.3 is 10.0 Å². The minimum Gasteiger partial charge on any atom is -0.477 e. The molecule has 2 heterocycles. The monoisotopic (exact) mass is 368 g/mol. The molecule has 0 spiro atoms. The zero-order valence-corrected chi connectivity index (χ0v) is 15.3. The van der Waals surface area contributed by atoms with Crippen molar-refractivity contribution in [1.82, 2.24) is 9.80 Å². The number of carboxylic acids is 1. The number of hydrogen-bond donors (Lipinski definition) is 1. The molecule has 23 heavy (non-hydrogen) atoms. The van der Waals surface area contributed by atoms with Gasteiger partial charge in [0.05, 0.1) is 9.93 Å². The average Bonchev–Trinajstić information content (AvgIpc) is 2.94. The maximum atomic E-state index is 12.0. The van der Waals surface area contributed by atoms with Crippen molar-refractivity contribution in [2.75, 3.05) is 13.6 Å². The van der Waals surface area contributed by atoms with E-state index in [0.29, 0.717) is 26.4 Å². The van der Waals surface area contributed by atoms with E-state index < -0.39 is 5.97 Å². The Labute approximate surface area is 148 Å². The molecular weight excluding hydrogens is 352 g/mol. The molecule has 5 nitrogen and oxygen atoms in total. The molecule has 2 aliphatic rings. The number of rotatable bonds is 4. The number of aliphatic carboxylic acids is 1. The topological polar surface area (TPSA) is 60.9 Å². The number of carboxylic acid groups (broad SMARTS) is 1. The van der Waals surface area contributed by atoms with Crippen LogP contribution in [0.5, 0.6) is 0 Å². The predicted molar refractivity (Wildman–Crippen MR) is 98.6 cm³/mol. The highest BCUT2D eigenvalue weighted by atomic mass is 32.2. The maximum absolute atomic E-state index is 12.0. The van der Waals surface area contributed by atoms with Crippen LogP contribution in [0.15, 0.2) is 44.8 Å². The van der Waals surface area contributed by atoms with E-state index in [0.717, 1.165) is 5.03 Å². The molecule has 1 N–H and O–H groups in total. The minimum atomic E-state index is -0.921. The summed E-state index contributed by atoms with van der Waals surface area (Å²) in [7, 11) is 1.82. The largest absolute Gasteiger partial charge is 0.477 e. The summed E-state index contributed by atoms with van der Waals surface area (Å²) in [5.74, 6) is -0.993. The molecule has 0 atom stereocenters. The smallest absolute Gasteiger partial charge is 0.344 e. The van der Waals surface area contributed by atoms with Gasteiger partial charge in [0.15, 0.2) is 0 Å². The first kappa shape index (κ1) is 17.8. The van der Waals surface area contributed by atoms with Gasteiger partial charge in [0.2, 0.25) is 0 Å². The highest BCUT2D eigenvalue weighted by molar-refractivity contribution is 8.26. The van der Waals surface area contributed by atoms with Crippen molar-refractivity contribution in [2.24, 2.45) is 0 Å². The molecule has 0 bridgehead atoms. The number of nitrogens with zero attached hydrogens (tertiary/aromatic N) is 2. The second-order valence-electron chi connectivity index (χ2n) is 4.72. The molecule has 0 aromatic heterocycles. The third-order valence-electron chi connectivity index (χ3n) is 3.35. The quantitative estimate of drug-likeness (QED) is 0.604. The second kappa shape index (κ2) is 7.37. The standard InChI is InChI=1S/C15H16N2O3S3/c1-4-17-13(18)10(22-15(17)21)7-5-6-8-11-16(3)9(2)12(23-11)14(19)20/h5-8H,4H2,1-3H3,(H,19,20)/b6-5+,10-7+,11-8-.